The van der Waals surface area contributed by atoms with Crippen molar-refractivity contribution < 1.29 is 4.79 Å². The maximum absolute atomic E-state index is 10.5. The first-order valence-corrected chi connectivity index (χ1v) is 5.33. The van der Waals surface area contributed by atoms with Crippen molar-refractivity contribution in [1.82, 2.24) is 0 Å². The highest BCUT2D eigenvalue weighted by Crippen LogP contribution is 2.21. The Labute approximate surface area is 65.0 Å². The molecule has 1 nitrogen and oxygen atoms in total. The molecule has 0 unspecified atom stereocenters. The fourth-order valence-electron chi connectivity index (χ4n) is 0.498. The quantitative estimate of drug-likeness (QED) is 0.592. The molecular weight excluding hydrogens is 152 g/mol. The normalized spacial score (nSPS) is 10.2. The average molecular weight is 164 g/mol. The number of rotatable bonds is 4. The summed E-state index contributed by atoms with van der Waals surface area (Å²) in [4.78, 5) is 10.5. The van der Waals surface area contributed by atoms with Crippen molar-refractivity contribution in [2.24, 2.45) is 0 Å². The van der Waals surface area contributed by atoms with Crippen molar-refractivity contribution in [3.05, 3.63) is 0 Å². The third kappa shape index (κ3) is 4.85. The minimum Gasteiger partial charge on any atom is -0.300 e. The zero-order valence-corrected chi connectivity index (χ0v) is 7.64. The van der Waals surface area contributed by atoms with Gasteiger partial charge in [-0.1, -0.05) is 0 Å². The average Bonchev–Trinajstić information content (AvgIpc) is 1.82. The number of carbonyl (C=O) groups excluding carboxylic acids is 1. The van der Waals surface area contributed by atoms with Crippen molar-refractivity contribution in [3.8, 4) is 0 Å². The minimum absolute atomic E-state index is 0.281. The molecule has 0 aliphatic rings. The van der Waals surface area contributed by atoms with E-state index >= 15 is 0 Å². The molecule has 0 radical (unpaired) electrons. The van der Waals surface area contributed by atoms with Crippen LogP contribution in [0.25, 0.3) is 0 Å². The standard InChI is InChI=1S/C6H12OS2/c1-5(7)4-6(8-2)9-3/h6H,4H2,1-3H3. The number of ketones is 1. The maximum Gasteiger partial charge on any atom is 0.131 e. The molecule has 0 saturated carbocycles. The second kappa shape index (κ2) is 5.18. The van der Waals surface area contributed by atoms with E-state index in [-0.39, 0.29) is 5.78 Å². The van der Waals surface area contributed by atoms with Gasteiger partial charge in [0.15, 0.2) is 0 Å². The molecule has 0 aromatic rings. The summed E-state index contributed by atoms with van der Waals surface area (Å²) in [6.07, 6.45) is 4.76. The molecule has 0 aromatic heterocycles. The molecule has 0 saturated heterocycles. The highest BCUT2D eigenvalue weighted by atomic mass is 32.2. The summed E-state index contributed by atoms with van der Waals surface area (Å²) in [6.45, 7) is 1.64. The summed E-state index contributed by atoms with van der Waals surface area (Å²) in [5, 5.41) is 0. The third-order valence-electron chi connectivity index (χ3n) is 0.980. The van der Waals surface area contributed by atoms with Gasteiger partial charge >= 0.3 is 0 Å². The van der Waals surface area contributed by atoms with Crippen LogP contribution in [0.4, 0.5) is 0 Å². The number of hydrogen-bond donors (Lipinski definition) is 0. The molecule has 0 heterocycles. The Kier molecular flexibility index (Phi) is 5.39. The molecule has 9 heavy (non-hydrogen) atoms. The Morgan fingerprint density at radius 1 is 1.44 bits per heavy atom. The van der Waals surface area contributed by atoms with E-state index in [1.165, 1.54) is 0 Å². The highest BCUT2D eigenvalue weighted by molar-refractivity contribution is 8.16. The van der Waals surface area contributed by atoms with E-state index in [1.807, 2.05) is 12.5 Å². The van der Waals surface area contributed by atoms with Crippen molar-refractivity contribution in [2.75, 3.05) is 12.5 Å². The molecule has 0 spiro atoms. The lowest BCUT2D eigenvalue weighted by Crippen LogP contribution is -2.01. The molecule has 3 heteroatoms. The molecule has 0 aliphatic heterocycles. The second-order valence-electron chi connectivity index (χ2n) is 1.81. The van der Waals surface area contributed by atoms with Crippen LogP contribution in [-0.2, 0) is 4.79 Å². The summed E-state index contributed by atoms with van der Waals surface area (Å²) >= 11 is 3.48. The van der Waals surface area contributed by atoms with Gasteiger partial charge in [0.25, 0.3) is 0 Å². The zero-order valence-electron chi connectivity index (χ0n) is 6.01. The van der Waals surface area contributed by atoms with E-state index in [2.05, 4.69) is 0 Å². The van der Waals surface area contributed by atoms with Gasteiger partial charge in [-0.3, -0.25) is 4.79 Å². The Morgan fingerprint density at radius 3 is 2.00 bits per heavy atom. The van der Waals surface area contributed by atoms with Crippen LogP contribution in [0.3, 0.4) is 0 Å². The van der Waals surface area contributed by atoms with Gasteiger partial charge in [-0.25, -0.2) is 0 Å². The summed E-state index contributed by atoms with van der Waals surface area (Å²) in [5.74, 6) is 0.281. The SMILES string of the molecule is CSC(CC(C)=O)SC. The molecule has 0 amide bonds. The number of Topliss-reactive ketones (excluding diaryl/α,β-unsaturated/α-hetero) is 1. The van der Waals surface area contributed by atoms with Crippen LogP contribution < -0.4 is 0 Å². The lowest BCUT2D eigenvalue weighted by Gasteiger charge is -2.06. The Bertz CT molecular complexity index is 89.1. The van der Waals surface area contributed by atoms with Crippen molar-refractivity contribution >= 4 is 29.3 Å². The van der Waals surface area contributed by atoms with Crippen LogP contribution in [0.1, 0.15) is 13.3 Å². The van der Waals surface area contributed by atoms with Gasteiger partial charge in [-0.15, -0.1) is 0 Å². The van der Waals surface area contributed by atoms with Gasteiger partial charge in [-0.05, 0) is 19.4 Å². The number of carbonyl (C=O) groups is 1. The van der Waals surface area contributed by atoms with E-state index in [0.717, 1.165) is 0 Å². The topological polar surface area (TPSA) is 17.1 Å². The summed E-state index contributed by atoms with van der Waals surface area (Å²) < 4.78 is 0.461. The lowest BCUT2D eigenvalue weighted by molar-refractivity contribution is -0.116. The largest absolute Gasteiger partial charge is 0.300 e. The zero-order chi connectivity index (χ0) is 7.28. The van der Waals surface area contributed by atoms with Crippen LogP contribution in [-0.4, -0.2) is 22.9 Å². The lowest BCUT2D eigenvalue weighted by atomic mass is 10.3. The smallest absolute Gasteiger partial charge is 0.131 e. The first-order valence-electron chi connectivity index (χ1n) is 2.75. The minimum atomic E-state index is 0.281. The van der Waals surface area contributed by atoms with E-state index in [1.54, 1.807) is 30.4 Å². The van der Waals surface area contributed by atoms with Crippen LogP contribution in [0.5, 0.6) is 0 Å². The van der Waals surface area contributed by atoms with E-state index in [9.17, 15) is 4.79 Å². The number of hydrogen-bond acceptors (Lipinski definition) is 3. The first kappa shape index (κ1) is 9.37. The molecule has 0 aliphatic carbocycles. The Morgan fingerprint density at radius 2 is 1.89 bits per heavy atom. The van der Waals surface area contributed by atoms with E-state index in [4.69, 9.17) is 0 Å². The number of thioether (sulfide) groups is 2. The fraction of sp³-hybridized carbons (Fsp3) is 0.833. The molecule has 0 N–H and O–H groups in total. The molecular formula is C6H12OS2. The molecule has 0 atom stereocenters. The molecule has 0 aromatic carbocycles. The van der Waals surface area contributed by atoms with Gasteiger partial charge in [0.05, 0.1) is 4.58 Å². The molecule has 54 valence electrons. The predicted octanol–water partition coefficient (Wildman–Crippen LogP) is 2.02. The predicted molar refractivity (Wildman–Crippen MR) is 46.1 cm³/mol. The Hall–Kier alpha value is 0.370. The monoisotopic (exact) mass is 164 g/mol. The molecule has 0 rings (SSSR count). The second-order valence-corrected chi connectivity index (χ2v) is 4.19. The fourth-order valence-corrected chi connectivity index (χ4v) is 2.07. The summed E-state index contributed by atoms with van der Waals surface area (Å²) in [7, 11) is 0. The van der Waals surface area contributed by atoms with Crippen molar-refractivity contribution in [2.45, 2.75) is 17.9 Å². The van der Waals surface area contributed by atoms with Crippen LogP contribution in [0, 0.1) is 0 Å². The van der Waals surface area contributed by atoms with Gasteiger partial charge in [0.1, 0.15) is 5.78 Å². The molecule has 0 bridgehead atoms. The van der Waals surface area contributed by atoms with Gasteiger partial charge < -0.3 is 0 Å². The summed E-state index contributed by atoms with van der Waals surface area (Å²) in [6, 6.07) is 0. The van der Waals surface area contributed by atoms with Gasteiger partial charge in [0.2, 0.25) is 0 Å². The van der Waals surface area contributed by atoms with Gasteiger partial charge in [-0.2, -0.15) is 23.5 Å². The first-order chi connectivity index (χ1) is 4.20. The third-order valence-corrected chi connectivity index (χ3v) is 3.52. The highest BCUT2D eigenvalue weighted by Gasteiger charge is 2.06. The molecule has 0 fully saturated rings. The van der Waals surface area contributed by atoms with E-state index in [0.29, 0.717) is 11.0 Å². The van der Waals surface area contributed by atoms with Crippen LogP contribution in [0.15, 0.2) is 0 Å². The van der Waals surface area contributed by atoms with Crippen LogP contribution >= 0.6 is 23.5 Å². The van der Waals surface area contributed by atoms with Crippen molar-refractivity contribution in [1.29, 1.82) is 0 Å². The Balaban J connectivity index is 3.43. The van der Waals surface area contributed by atoms with Crippen molar-refractivity contribution in [3.63, 3.8) is 0 Å². The summed E-state index contributed by atoms with van der Waals surface area (Å²) in [5.41, 5.74) is 0. The van der Waals surface area contributed by atoms with E-state index < -0.39 is 0 Å². The van der Waals surface area contributed by atoms with Crippen LogP contribution in [0.2, 0.25) is 0 Å². The van der Waals surface area contributed by atoms with Gasteiger partial charge in [0, 0.05) is 6.42 Å². The maximum atomic E-state index is 10.5.